The molecule has 1 aromatic rings. The zero-order valence-corrected chi connectivity index (χ0v) is 8.63. The lowest BCUT2D eigenvalue weighted by atomic mass is 10.2. The number of rotatable bonds is 2. The Morgan fingerprint density at radius 3 is 2.93 bits per heavy atom. The number of hydrogen-bond donors (Lipinski definition) is 2. The Kier molecular flexibility index (Phi) is 2.58. The second kappa shape index (κ2) is 3.88. The van der Waals surface area contributed by atoms with Crippen LogP contribution in [0.3, 0.4) is 0 Å². The molecule has 1 aliphatic rings. The quantitative estimate of drug-likeness (QED) is 0.576. The van der Waals surface area contributed by atoms with Crippen molar-refractivity contribution in [3.05, 3.63) is 29.6 Å². The molecular formula is C11H14FN3. The topological polar surface area (TPSA) is 50.4 Å². The van der Waals surface area contributed by atoms with Gasteiger partial charge in [0.25, 0.3) is 0 Å². The van der Waals surface area contributed by atoms with Gasteiger partial charge in [-0.05, 0) is 31.9 Å². The summed E-state index contributed by atoms with van der Waals surface area (Å²) in [7, 11) is 0. The first-order valence-electron chi connectivity index (χ1n) is 5.02. The van der Waals surface area contributed by atoms with E-state index in [1.807, 2.05) is 0 Å². The molecule has 0 heterocycles. The lowest BCUT2D eigenvalue weighted by Crippen LogP contribution is -2.23. The van der Waals surface area contributed by atoms with E-state index in [-0.39, 0.29) is 5.82 Å². The van der Waals surface area contributed by atoms with Gasteiger partial charge in [-0.2, -0.15) is 0 Å². The SMILES string of the molecule is Cc1c(F)cccc1NC(N)=NC1CC1. The van der Waals surface area contributed by atoms with Crippen molar-refractivity contribution in [3.63, 3.8) is 0 Å². The molecule has 1 saturated carbocycles. The van der Waals surface area contributed by atoms with E-state index >= 15 is 0 Å². The van der Waals surface area contributed by atoms with E-state index in [2.05, 4.69) is 10.3 Å². The zero-order valence-electron chi connectivity index (χ0n) is 8.63. The van der Waals surface area contributed by atoms with Crippen LogP contribution in [0, 0.1) is 12.7 Å². The zero-order chi connectivity index (χ0) is 10.8. The second-order valence-corrected chi connectivity index (χ2v) is 3.78. The van der Waals surface area contributed by atoms with Crippen molar-refractivity contribution in [2.45, 2.75) is 25.8 Å². The Hall–Kier alpha value is -1.58. The average molecular weight is 207 g/mol. The largest absolute Gasteiger partial charge is 0.370 e. The molecule has 3 N–H and O–H groups in total. The summed E-state index contributed by atoms with van der Waals surface area (Å²) in [5.74, 6) is 0.130. The van der Waals surface area contributed by atoms with Gasteiger partial charge in [0.15, 0.2) is 5.96 Å². The Morgan fingerprint density at radius 2 is 2.27 bits per heavy atom. The number of nitrogens with two attached hydrogens (primary N) is 1. The van der Waals surface area contributed by atoms with Crippen molar-refractivity contribution in [1.82, 2.24) is 0 Å². The minimum atomic E-state index is -0.237. The van der Waals surface area contributed by atoms with Crippen LogP contribution in [0.4, 0.5) is 10.1 Å². The summed E-state index contributed by atoms with van der Waals surface area (Å²) in [6, 6.07) is 5.23. The third kappa shape index (κ3) is 2.46. The highest BCUT2D eigenvalue weighted by Crippen LogP contribution is 2.23. The minimum absolute atomic E-state index is 0.237. The van der Waals surface area contributed by atoms with Gasteiger partial charge in [-0.25, -0.2) is 9.38 Å². The van der Waals surface area contributed by atoms with Gasteiger partial charge in [0.05, 0.1) is 6.04 Å². The number of guanidine groups is 1. The summed E-state index contributed by atoms with van der Waals surface area (Å²) in [5, 5.41) is 2.91. The predicted molar refractivity (Wildman–Crippen MR) is 59.4 cm³/mol. The molecule has 0 atom stereocenters. The molecular weight excluding hydrogens is 193 g/mol. The van der Waals surface area contributed by atoms with E-state index < -0.39 is 0 Å². The van der Waals surface area contributed by atoms with Crippen LogP contribution >= 0.6 is 0 Å². The highest BCUT2D eigenvalue weighted by molar-refractivity contribution is 5.93. The number of nitrogens with one attached hydrogen (secondary N) is 1. The number of halogens is 1. The van der Waals surface area contributed by atoms with E-state index in [9.17, 15) is 4.39 Å². The third-order valence-corrected chi connectivity index (χ3v) is 2.40. The van der Waals surface area contributed by atoms with Crippen molar-refractivity contribution in [1.29, 1.82) is 0 Å². The van der Waals surface area contributed by atoms with Crippen molar-refractivity contribution in [2.24, 2.45) is 10.7 Å². The smallest absolute Gasteiger partial charge is 0.193 e. The van der Waals surface area contributed by atoms with Crippen LogP contribution in [0.15, 0.2) is 23.2 Å². The molecule has 1 aliphatic carbocycles. The normalized spacial score (nSPS) is 16.5. The molecule has 0 unspecified atom stereocenters. The van der Waals surface area contributed by atoms with E-state index in [4.69, 9.17) is 5.73 Å². The van der Waals surface area contributed by atoms with Crippen molar-refractivity contribution >= 4 is 11.6 Å². The van der Waals surface area contributed by atoms with Gasteiger partial charge in [0.1, 0.15) is 5.82 Å². The summed E-state index contributed by atoms with van der Waals surface area (Å²) in [4.78, 5) is 4.22. The van der Waals surface area contributed by atoms with Gasteiger partial charge in [-0.1, -0.05) is 6.07 Å². The fourth-order valence-electron chi connectivity index (χ4n) is 1.31. The minimum Gasteiger partial charge on any atom is -0.370 e. The molecule has 0 bridgehead atoms. The second-order valence-electron chi connectivity index (χ2n) is 3.78. The first-order chi connectivity index (χ1) is 7.16. The number of aliphatic imine (C=N–C) groups is 1. The Labute approximate surface area is 88.2 Å². The number of nitrogens with zero attached hydrogens (tertiary/aromatic N) is 1. The Bertz CT molecular complexity index is 397. The summed E-state index contributed by atoms with van der Waals surface area (Å²) >= 11 is 0. The van der Waals surface area contributed by atoms with Gasteiger partial charge in [-0.15, -0.1) is 0 Å². The lowest BCUT2D eigenvalue weighted by molar-refractivity contribution is 0.619. The number of benzene rings is 1. The number of hydrogen-bond acceptors (Lipinski definition) is 1. The summed E-state index contributed by atoms with van der Waals surface area (Å²) in [5.41, 5.74) is 6.92. The van der Waals surface area contributed by atoms with Crippen molar-refractivity contribution in [2.75, 3.05) is 5.32 Å². The molecule has 15 heavy (non-hydrogen) atoms. The molecule has 80 valence electrons. The van der Waals surface area contributed by atoms with E-state index in [1.54, 1.807) is 19.1 Å². The van der Waals surface area contributed by atoms with Crippen LogP contribution in [0.1, 0.15) is 18.4 Å². The maximum absolute atomic E-state index is 13.2. The molecule has 0 radical (unpaired) electrons. The molecule has 0 saturated heterocycles. The van der Waals surface area contributed by atoms with Gasteiger partial charge in [0.2, 0.25) is 0 Å². The monoisotopic (exact) mass is 207 g/mol. The van der Waals surface area contributed by atoms with Crippen LogP contribution in [-0.4, -0.2) is 12.0 Å². The highest BCUT2D eigenvalue weighted by atomic mass is 19.1. The molecule has 4 heteroatoms. The molecule has 0 spiro atoms. The van der Waals surface area contributed by atoms with Crippen molar-refractivity contribution in [3.8, 4) is 0 Å². The van der Waals surface area contributed by atoms with E-state index in [1.165, 1.54) is 6.07 Å². The van der Waals surface area contributed by atoms with Crippen molar-refractivity contribution < 1.29 is 4.39 Å². The maximum Gasteiger partial charge on any atom is 0.193 e. The molecule has 3 nitrogen and oxygen atoms in total. The van der Waals surface area contributed by atoms with Gasteiger partial charge in [0, 0.05) is 11.3 Å². The van der Waals surface area contributed by atoms with E-state index in [0.29, 0.717) is 23.3 Å². The van der Waals surface area contributed by atoms with Gasteiger partial charge >= 0.3 is 0 Å². The molecule has 1 aromatic carbocycles. The first kappa shape index (κ1) is 9.96. The fraction of sp³-hybridized carbons (Fsp3) is 0.364. The molecule has 0 aliphatic heterocycles. The van der Waals surface area contributed by atoms with E-state index in [0.717, 1.165) is 12.8 Å². The summed E-state index contributed by atoms with van der Waals surface area (Å²) in [6.45, 7) is 1.71. The van der Waals surface area contributed by atoms with Crippen LogP contribution in [-0.2, 0) is 0 Å². The Morgan fingerprint density at radius 1 is 1.53 bits per heavy atom. The maximum atomic E-state index is 13.2. The Balaban J connectivity index is 2.12. The average Bonchev–Trinajstić information content (AvgIpc) is 2.97. The molecule has 0 aromatic heterocycles. The fourth-order valence-corrected chi connectivity index (χ4v) is 1.31. The lowest BCUT2D eigenvalue weighted by Gasteiger charge is -2.08. The summed E-state index contributed by atoms with van der Waals surface area (Å²) in [6.07, 6.45) is 2.20. The van der Waals surface area contributed by atoms with Gasteiger partial charge in [-0.3, -0.25) is 0 Å². The van der Waals surface area contributed by atoms with Gasteiger partial charge < -0.3 is 11.1 Å². The molecule has 0 amide bonds. The standard InChI is InChI=1S/C11H14FN3/c1-7-9(12)3-2-4-10(7)15-11(13)14-8-5-6-8/h2-4,8H,5-6H2,1H3,(H3,13,14,15). The van der Waals surface area contributed by atoms with Crippen LogP contribution < -0.4 is 11.1 Å². The third-order valence-electron chi connectivity index (χ3n) is 2.40. The van der Waals surface area contributed by atoms with Crippen LogP contribution in [0.2, 0.25) is 0 Å². The molecule has 1 fully saturated rings. The van der Waals surface area contributed by atoms with Crippen LogP contribution in [0.25, 0.3) is 0 Å². The predicted octanol–water partition coefficient (Wildman–Crippen LogP) is 2.02. The molecule has 2 rings (SSSR count). The summed E-state index contributed by atoms with van der Waals surface area (Å²) < 4.78 is 13.2. The first-order valence-corrected chi connectivity index (χ1v) is 5.02. The van der Waals surface area contributed by atoms with Crippen LogP contribution in [0.5, 0.6) is 0 Å². The number of anilines is 1. The highest BCUT2D eigenvalue weighted by Gasteiger charge is 2.20.